The molecule has 1 aromatic rings. The van der Waals surface area contributed by atoms with Crippen molar-refractivity contribution < 1.29 is 4.79 Å². The lowest BCUT2D eigenvalue weighted by Crippen LogP contribution is -2.35. The topological polar surface area (TPSA) is 45.2 Å². The average molecular weight is 286 g/mol. The summed E-state index contributed by atoms with van der Waals surface area (Å²) in [6.45, 7) is 4.80. The monoisotopic (exact) mass is 285 g/mol. The van der Waals surface area contributed by atoms with Gasteiger partial charge in [0.15, 0.2) is 0 Å². The van der Waals surface area contributed by atoms with Crippen molar-refractivity contribution in [1.82, 2.24) is 10.3 Å². The van der Waals surface area contributed by atoms with Crippen LogP contribution in [0.1, 0.15) is 12.6 Å². The maximum absolute atomic E-state index is 11.4. The van der Waals surface area contributed by atoms with Crippen LogP contribution in [0.2, 0.25) is 0 Å². The third-order valence-corrected chi connectivity index (χ3v) is 2.99. The first-order valence-corrected chi connectivity index (χ1v) is 5.95. The van der Waals surface area contributed by atoms with Crippen molar-refractivity contribution in [2.75, 3.05) is 25.0 Å². The number of carbonyl (C=O) groups is 1. The van der Waals surface area contributed by atoms with Crippen molar-refractivity contribution in [2.45, 2.75) is 13.8 Å². The molecule has 0 radical (unpaired) electrons. The predicted octanol–water partition coefficient (Wildman–Crippen LogP) is 1.72. The van der Waals surface area contributed by atoms with Crippen LogP contribution in [0.15, 0.2) is 16.6 Å². The number of amides is 1. The number of pyridine rings is 1. The van der Waals surface area contributed by atoms with Crippen molar-refractivity contribution in [1.29, 1.82) is 0 Å². The van der Waals surface area contributed by atoms with Gasteiger partial charge in [0.05, 0.1) is 12.2 Å². The molecule has 0 unspecified atom stereocenters. The van der Waals surface area contributed by atoms with Gasteiger partial charge in [0.25, 0.3) is 0 Å². The summed E-state index contributed by atoms with van der Waals surface area (Å²) in [7, 11) is 1.85. The van der Waals surface area contributed by atoms with E-state index < -0.39 is 0 Å². The minimum atomic E-state index is 0.00683. The highest BCUT2D eigenvalue weighted by molar-refractivity contribution is 9.10. The van der Waals surface area contributed by atoms with Gasteiger partial charge in [0.2, 0.25) is 5.91 Å². The van der Waals surface area contributed by atoms with Crippen molar-refractivity contribution >= 4 is 27.7 Å². The molecule has 0 saturated heterocycles. The maximum atomic E-state index is 11.4. The van der Waals surface area contributed by atoms with E-state index in [1.54, 1.807) is 0 Å². The summed E-state index contributed by atoms with van der Waals surface area (Å²) in [5, 5.41) is 2.75. The van der Waals surface area contributed by atoms with Crippen LogP contribution in [0, 0.1) is 6.92 Å². The molecular weight excluding hydrogens is 270 g/mol. The molecule has 1 rings (SSSR count). The second-order valence-electron chi connectivity index (χ2n) is 3.55. The number of likely N-dealkylation sites (N-methyl/N-ethyl adjacent to an activating group) is 2. The molecular formula is C11H16BrN3O. The number of hydrogen-bond acceptors (Lipinski definition) is 3. The van der Waals surface area contributed by atoms with Crippen LogP contribution < -0.4 is 10.2 Å². The molecule has 0 aliphatic rings. The summed E-state index contributed by atoms with van der Waals surface area (Å²) in [4.78, 5) is 17.6. The minimum absolute atomic E-state index is 0.00683. The SMILES string of the molecule is CCNC(=O)CN(C)c1ccc(Br)c(C)n1. The van der Waals surface area contributed by atoms with Gasteiger partial charge in [-0.3, -0.25) is 4.79 Å². The Hall–Kier alpha value is -1.10. The fourth-order valence-electron chi connectivity index (χ4n) is 1.29. The van der Waals surface area contributed by atoms with Gasteiger partial charge < -0.3 is 10.2 Å². The second kappa shape index (κ2) is 5.84. The molecule has 0 aliphatic carbocycles. The van der Waals surface area contributed by atoms with E-state index in [9.17, 15) is 4.79 Å². The summed E-state index contributed by atoms with van der Waals surface area (Å²) in [6.07, 6.45) is 0. The van der Waals surface area contributed by atoms with E-state index in [1.165, 1.54) is 0 Å². The fourth-order valence-corrected chi connectivity index (χ4v) is 1.51. The Balaban J connectivity index is 2.69. The number of nitrogens with zero attached hydrogens (tertiary/aromatic N) is 2. The first-order chi connectivity index (χ1) is 7.54. The van der Waals surface area contributed by atoms with Crippen LogP contribution in [0.3, 0.4) is 0 Å². The normalized spacial score (nSPS) is 10.0. The standard InChI is InChI=1S/C11H16BrN3O/c1-4-13-11(16)7-15(3)10-6-5-9(12)8(2)14-10/h5-6H,4,7H2,1-3H3,(H,13,16). The van der Waals surface area contributed by atoms with E-state index in [2.05, 4.69) is 26.2 Å². The highest BCUT2D eigenvalue weighted by Crippen LogP contribution is 2.17. The molecule has 0 aromatic carbocycles. The Morgan fingerprint density at radius 1 is 1.56 bits per heavy atom. The van der Waals surface area contributed by atoms with Crippen LogP contribution in [-0.2, 0) is 4.79 Å². The molecule has 0 fully saturated rings. The summed E-state index contributed by atoms with van der Waals surface area (Å²) in [5.74, 6) is 0.805. The molecule has 0 aliphatic heterocycles. The van der Waals surface area contributed by atoms with E-state index in [-0.39, 0.29) is 5.91 Å². The Labute approximate surface area is 104 Å². The number of hydrogen-bond donors (Lipinski definition) is 1. The molecule has 0 spiro atoms. The predicted molar refractivity (Wildman–Crippen MR) is 68.6 cm³/mol. The molecule has 1 amide bonds. The van der Waals surface area contributed by atoms with Crippen molar-refractivity contribution in [3.05, 3.63) is 22.3 Å². The molecule has 1 heterocycles. The molecule has 88 valence electrons. The molecule has 1 N–H and O–H groups in total. The highest BCUT2D eigenvalue weighted by atomic mass is 79.9. The summed E-state index contributed by atoms with van der Waals surface area (Å²) in [5.41, 5.74) is 0.917. The third-order valence-electron chi connectivity index (χ3n) is 2.15. The number of aryl methyl sites for hydroxylation is 1. The summed E-state index contributed by atoms with van der Waals surface area (Å²) >= 11 is 3.39. The highest BCUT2D eigenvalue weighted by Gasteiger charge is 2.08. The molecule has 0 bridgehead atoms. The zero-order valence-corrected chi connectivity index (χ0v) is 11.3. The van der Waals surface area contributed by atoms with Gasteiger partial charge in [-0.2, -0.15) is 0 Å². The lowest BCUT2D eigenvalue weighted by molar-refractivity contribution is -0.119. The number of anilines is 1. The van der Waals surface area contributed by atoms with Crippen LogP contribution in [0.5, 0.6) is 0 Å². The van der Waals surface area contributed by atoms with Gasteiger partial charge >= 0.3 is 0 Å². The lowest BCUT2D eigenvalue weighted by atomic mass is 10.3. The Morgan fingerprint density at radius 3 is 2.81 bits per heavy atom. The third kappa shape index (κ3) is 3.48. The van der Waals surface area contributed by atoms with E-state index in [4.69, 9.17) is 0 Å². The number of nitrogens with one attached hydrogen (secondary N) is 1. The summed E-state index contributed by atoms with van der Waals surface area (Å²) < 4.78 is 0.975. The van der Waals surface area contributed by atoms with Crippen molar-refractivity contribution in [3.8, 4) is 0 Å². The molecule has 16 heavy (non-hydrogen) atoms. The number of aromatic nitrogens is 1. The lowest BCUT2D eigenvalue weighted by Gasteiger charge is -2.18. The number of rotatable bonds is 4. The molecule has 0 saturated carbocycles. The second-order valence-corrected chi connectivity index (χ2v) is 4.40. The van der Waals surface area contributed by atoms with E-state index in [0.29, 0.717) is 13.1 Å². The fraction of sp³-hybridized carbons (Fsp3) is 0.455. The first-order valence-electron chi connectivity index (χ1n) is 5.15. The molecule has 0 atom stereocenters. The first kappa shape index (κ1) is 13.0. The van der Waals surface area contributed by atoms with Gasteiger partial charge in [-0.15, -0.1) is 0 Å². The Bertz CT molecular complexity index is 381. The smallest absolute Gasteiger partial charge is 0.239 e. The number of carbonyl (C=O) groups excluding carboxylic acids is 1. The van der Waals surface area contributed by atoms with E-state index >= 15 is 0 Å². The average Bonchev–Trinajstić information content (AvgIpc) is 2.22. The van der Waals surface area contributed by atoms with Crippen LogP contribution in [-0.4, -0.2) is 31.0 Å². The zero-order chi connectivity index (χ0) is 12.1. The Kier molecular flexibility index (Phi) is 4.73. The van der Waals surface area contributed by atoms with Crippen molar-refractivity contribution in [3.63, 3.8) is 0 Å². The molecule has 1 aromatic heterocycles. The van der Waals surface area contributed by atoms with Gasteiger partial charge in [0, 0.05) is 18.1 Å². The van der Waals surface area contributed by atoms with Gasteiger partial charge in [0.1, 0.15) is 5.82 Å². The molecule has 5 heteroatoms. The van der Waals surface area contributed by atoms with Gasteiger partial charge in [-0.1, -0.05) is 0 Å². The van der Waals surface area contributed by atoms with E-state index in [0.717, 1.165) is 16.0 Å². The van der Waals surface area contributed by atoms with Gasteiger partial charge in [-0.05, 0) is 41.9 Å². The zero-order valence-electron chi connectivity index (χ0n) is 9.75. The minimum Gasteiger partial charge on any atom is -0.355 e. The van der Waals surface area contributed by atoms with E-state index in [1.807, 2.05) is 37.9 Å². The quantitative estimate of drug-likeness (QED) is 0.916. The number of halogens is 1. The van der Waals surface area contributed by atoms with Crippen molar-refractivity contribution in [2.24, 2.45) is 0 Å². The van der Waals surface area contributed by atoms with Crippen LogP contribution in [0.25, 0.3) is 0 Å². The van der Waals surface area contributed by atoms with Gasteiger partial charge in [-0.25, -0.2) is 4.98 Å². The maximum Gasteiger partial charge on any atom is 0.239 e. The summed E-state index contributed by atoms with van der Waals surface area (Å²) in [6, 6.07) is 3.82. The van der Waals surface area contributed by atoms with Crippen LogP contribution in [0.4, 0.5) is 5.82 Å². The van der Waals surface area contributed by atoms with Crippen LogP contribution >= 0.6 is 15.9 Å². The largest absolute Gasteiger partial charge is 0.355 e. The molecule has 4 nitrogen and oxygen atoms in total. The Morgan fingerprint density at radius 2 is 2.25 bits per heavy atom.